The van der Waals surface area contributed by atoms with Gasteiger partial charge >= 0.3 is 0 Å². The molecule has 0 radical (unpaired) electrons. The van der Waals surface area contributed by atoms with Crippen LogP contribution in [0.2, 0.25) is 0 Å². The third kappa shape index (κ3) is 4.23. The molecule has 2 heterocycles. The Kier molecular flexibility index (Phi) is 5.73. The smallest absolute Gasteiger partial charge is 0.181 e. The van der Waals surface area contributed by atoms with Gasteiger partial charge < -0.3 is 4.90 Å². The third-order valence-corrected chi connectivity index (χ3v) is 5.37. The Hall–Kier alpha value is -3.62. The highest BCUT2D eigenvalue weighted by Gasteiger charge is 2.18. The van der Waals surface area contributed by atoms with Gasteiger partial charge in [0.1, 0.15) is 11.6 Å². The van der Waals surface area contributed by atoms with E-state index in [1.54, 1.807) is 35.8 Å². The Morgan fingerprint density at radius 1 is 0.969 bits per heavy atom. The minimum atomic E-state index is -0.924. The summed E-state index contributed by atoms with van der Waals surface area (Å²) in [6, 6.07) is 8.55. The summed E-state index contributed by atoms with van der Waals surface area (Å²) >= 11 is 0. The maximum Gasteiger partial charge on any atom is 0.181 e. The van der Waals surface area contributed by atoms with E-state index in [-0.39, 0.29) is 12.4 Å². The molecule has 0 spiro atoms. The molecule has 4 aromatic rings. The number of H-pyrrole nitrogens is 1. The van der Waals surface area contributed by atoms with Gasteiger partial charge in [-0.15, -0.1) is 0 Å². The Labute approximate surface area is 183 Å². The molecule has 0 aliphatic heterocycles. The molecule has 1 N–H and O–H groups in total. The Bertz CT molecular complexity index is 1260. The number of benzene rings is 2. The van der Waals surface area contributed by atoms with Crippen molar-refractivity contribution in [3.05, 3.63) is 82.2 Å². The molecule has 0 saturated heterocycles. The Morgan fingerprint density at radius 2 is 1.75 bits per heavy atom. The van der Waals surface area contributed by atoms with E-state index in [2.05, 4.69) is 20.3 Å². The molecule has 0 aliphatic rings. The van der Waals surface area contributed by atoms with Crippen molar-refractivity contribution in [2.24, 2.45) is 0 Å². The molecule has 9 heteroatoms. The zero-order chi connectivity index (χ0) is 23.0. The maximum absolute atomic E-state index is 14.5. The highest BCUT2D eigenvalue weighted by molar-refractivity contribution is 5.61. The molecule has 2 aromatic carbocycles. The van der Waals surface area contributed by atoms with Gasteiger partial charge in [-0.25, -0.2) is 22.8 Å². The van der Waals surface area contributed by atoms with Crippen molar-refractivity contribution in [1.29, 1.82) is 0 Å². The molecule has 166 valence electrons. The van der Waals surface area contributed by atoms with Crippen LogP contribution in [0.3, 0.4) is 0 Å². The van der Waals surface area contributed by atoms with E-state index in [1.165, 1.54) is 12.1 Å². The molecule has 0 unspecified atom stereocenters. The average Bonchev–Trinajstić information content (AvgIpc) is 3.28. The minimum Gasteiger partial charge on any atom is -0.375 e. The molecule has 6 nitrogen and oxygen atoms in total. The first-order chi connectivity index (χ1) is 15.2. The summed E-state index contributed by atoms with van der Waals surface area (Å²) in [6.07, 6.45) is 0.434. The lowest BCUT2D eigenvalue weighted by Gasteiger charge is -2.13. The van der Waals surface area contributed by atoms with Crippen LogP contribution in [-0.2, 0) is 13.0 Å². The average molecular weight is 440 g/mol. The van der Waals surface area contributed by atoms with Crippen molar-refractivity contribution in [2.45, 2.75) is 26.8 Å². The molecule has 0 fully saturated rings. The number of rotatable bonds is 6. The first-order valence-corrected chi connectivity index (χ1v) is 10.1. The van der Waals surface area contributed by atoms with Crippen LogP contribution < -0.4 is 4.90 Å². The second-order valence-corrected chi connectivity index (χ2v) is 7.91. The third-order valence-electron chi connectivity index (χ3n) is 5.37. The van der Waals surface area contributed by atoms with Crippen LogP contribution in [0.1, 0.15) is 28.3 Å². The largest absolute Gasteiger partial charge is 0.375 e. The number of aromatic amines is 1. The van der Waals surface area contributed by atoms with Crippen LogP contribution in [0.15, 0.2) is 36.4 Å². The zero-order valence-corrected chi connectivity index (χ0v) is 18.2. The standard InChI is InChI=1S/C23H23F3N6/c1-13-17(14(2)29-28-13)11-22-27-23(16-6-8-21(31(3)4)20(26)10-16)30-32(22)12-15-5-7-18(24)19(25)9-15/h5-10H,11-12H2,1-4H3,(H,28,29). The van der Waals surface area contributed by atoms with Crippen molar-refractivity contribution in [2.75, 3.05) is 19.0 Å². The number of nitrogens with zero attached hydrogens (tertiary/aromatic N) is 5. The van der Waals surface area contributed by atoms with Crippen molar-refractivity contribution < 1.29 is 13.2 Å². The number of hydrogen-bond acceptors (Lipinski definition) is 4. The monoisotopic (exact) mass is 440 g/mol. The van der Waals surface area contributed by atoms with E-state index in [1.807, 2.05) is 13.8 Å². The van der Waals surface area contributed by atoms with Gasteiger partial charge in [0.25, 0.3) is 0 Å². The SMILES string of the molecule is Cc1n[nH]c(C)c1Cc1nc(-c2ccc(N(C)C)c(F)c2)nn1Cc1ccc(F)c(F)c1. The minimum absolute atomic E-state index is 0.188. The van der Waals surface area contributed by atoms with Gasteiger partial charge in [0.2, 0.25) is 0 Å². The summed E-state index contributed by atoms with van der Waals surface area (Å²) in [5.41, 5.74) is 4.25. The first-order valence-electron chi connectivity index (χ1n) is 10.1. The lowest BCUT2D eigenvalue weighted by molar-refractivity contribution is 0.505. The van der Waals surface area contributed by atoms with Gasteiger partial charge in [-0.3, -0.25) is 5.10 Å². The number of hydrogen-bond donors (Lipinski definition) is 1. The summed E-state index contributed by atoms with van der Waals surface area (Å²) in [4.78, 5) is 6.34. The van der Waals surface area contributed by atoms with Crippen LogP contribution in [0.5, 0.6) is 0 Å². The summed E-state index contributed by atoms with van der Waals surface area (Å²) in [5.74, 6) is -1.26. The van der Waals surface area contributed by atoms with E-state index in [4.69, 9.17) is 0 Å². The molecule has 0 amide bonds. The Morgan fingerprint density at radius 3 is 2.38 bits per heavy atom. The second-order valence-electron chi connectivity index (χ2n) is 7.91. The van der Waals surface area contributed by atoms with Crippen molar-refractivity contribution in [3.63, 3.8) is 0 Å². The quantitative estimate of drug-likeness (QED) is 0.483. The molecule has 2 aromatic heterocycles. The van der Waals surface area contributed by atoms with Crippen molar-refractivity contribution in [3.8, 4) is 11.4 Å². The molecule has 0 aliphatic carbocycles. The van der Waals surface area contributed by atoms with Crippen LogP contribution >= 0.6 is 0 Å². The zero-order valence-electron chi connectivity index (χ0n) is 18.2. The number of anilines is 1. The fourth-order valence-corrected chi connectivity index (χ4v) is 3.57. The van der Waals surface area contributed by atoms with E-state index in [0.29, 0.717) is 34.9 Å². The van der Waals surface area contributed by atoms with Gasteiger partial charge in [0.05, 0.1) is 17.9 Å². The summed E-state index contributed by atoms with van der Waals surface area (Å²) in [7, 11) is 3.53. The van der Waals surface area contributed by atoms with Crippen LogP contribution in [0.25, 0.3) is 11.4 Å². The van der Waals surface area contributed by atoms with Gasteiger partial charge in [0, 0.05) is 37.3 Å². The van der Waals surface area contributed by atoms with E-state index >= 15 is 0 Å². The van der Waals surface area contributed by atoms with E-state index < -0.39 is 11.6 Å². The number of aromatic nitrogens is 5. The van der Waals surface area contributed by atoms with Crippen LogP contribution in [0.4, 0.5) is 18.9 Å². The van der Waals surface area contributed by atoms with Gasteiger partial charge in [-0.1, -0.05) is 6.07 Å². The number of nitrogens with one attached hydrogen (secondary N) is 1. The summed E-state index contributed by atoms with van der Waals surface area (Å²) in [5, 5.41) is 11.7. The molecular weight excluding hydrogens is 417 g/mol. The molecule has 0 saturated carbocycles. The van der Waals surface area contributed by atoms with Gasteiger partial charge in [-0.05, 0) is 49.7 Å². The molecular formula is C23H23F3N6. The topological polar surface area (TPSA) is 62.6 Å². The van der Waals surface area contributed by atoms with Crippen LogP contribution in [0, 0.1) is 31.3 Å². The molecule has 0 bridgehead atoms. The summed E-state index contributed by atoms with van der Waals surface area (Å²) < 4.78 is 43.3. The van der Waals surface area contributed by atoms with Gasteiger partial charge in [-0.2, -0.15) is 10.2 Å². The van der Waals surface area contributed by atoms with Gasteiger partial charge in [0.15, 0.2) is 17.5 Å². The lowest BCUT2D eigenvalue weighted by Crippen LogP contribution is -2.10. The predicted octanol–water partition coefficient (Wildman–Crippen LogP) is 4.41. The second kappa shape index (κ2) is 8.49. The Balaban J connectivity index is 1.75. The van der Waals surface area contributed by atoms with Crippen molar-refractivity contribution >= 4 is 5.69 Å². The van der Waals surface area contributed by atoms with Crippen LogP contribution in [-0.4, -0.2) is 39.1 Å². The number of aryl methyl sites for hydroxylation is 2. The predicted molar refractivity (Wildman–Crippen MR) is 116 cm³/mol. The molecule has 0 atom stereocenters. The number of halogens is 3. The fraction of sp³-hybridized carbons (Fsp3) is 0.261. The summed E-state index contributed by atoms with van der Waals surface area (Å²) in [6.45, 7) is 4.00. The van der Waals surface area contributed by atoms with Crippen molar-refractivity contribution in [1.82, 2.24) is 25.0 Å². The highest BCUT2D eigenvalue weighted by Crippen LogP contribution is 2.25. The fourth-order valence-electron chi connectivity index (χ4n) is 3.57. The van der Waals surface area contributed by atoms with E-state index in [0.717, 1.165) is 29.1 Å². The lowest BCUT2D eigenvalue weighted by atomic mass is 10.1. The molecule has 4 rings (SSSR count). The first kappa shape index (κ1) is 21.6. The maximum atomic E-state index is 14.5. The normalized spacial score (nSPS) is 11.2. The molecule has 32 heavy (non-hydrogen) atoms. The van der Waals surface area contributed by atoms with E-state index in [9.17, 15) is 13.2 Å². The highest BCUT2D eigenvalue weighted by atomic mass is 19.2.